The number of likely N-dealkylation sites (tertiary alicyclic amines) is 1. The Balaban J connectivity index is 1.71. The van der Waals surface area contributed by atoms with Crippen molar-refractivity contribution in [1.82, 2.24) is 4.90 Å². The maximum absolute atomic E-state index is 11.8. The standard InChI is InChI=1S/C16H22BNO3/c1-12(2)21-16(19)18-9-7-13(8-10-18)11-20-15-5-3-14(17)4-6-15/h3-6,12-13H,7-11H2,1-2H3. The highest BCUT2D eigenvalue weighted by molar-refractivity contribution is 6.32. The lowest BCUT2D eigenvalue weighted by atomic mass is 9.96. The van der Waals surface area contributed by atoms with E-state index in [-0.39, 0.29) is 12.2 Å². The third kappa shape index (κ3) is 4.99. The van der Waals surface area contributed by atoms with Crippen LogP contribution in [-0.4, -0.2) is 44.6 Å². The van der Waals surface area contributed by atoms with Gasteiger partial charge in [-0.25, -0.2) is 4.79 Å². The lowest BCUT2D eigenvalue weighted by Crippen LogP contribution is -2.40. The molecule has 4 nitrogen and oxygen atoms in total. The third-order valence-corrected chi connectivity index (χ3v) is 3.58. The van der Waals surface area contributed by atoms with Crippen LogP contribution in [0.15, 0.2) is 24.3 Å². The molecule has 2 radical (unpaired) electrons. The Kier molecular flexibility index (Phi) is 5.54. The molecule has 1 aromatic carbocycles. The van der Waals surface area contributed by atoms with E-state index in [2.05, 4.69) is 0 Å². The highest BCUT2D eigenvalue weighted by atomic mass is 16.6. The molecule has 1 fully saturated rings. The van der Waals surface area contributed by atoms with Gasteiger partial charge >= 0.3 is 6.09 Å². The summed E-state index contributed by atoms with van der Waals surface area (Å²) < 4.78 is 11.0. The molecular weight excluding hydrogens is 265 g/mol. The van der Waals surface area contributed by atoms with Crippen molar-refractivity contribution in [3.63, 3.8) is 0 Å². The minimum absolute atomic E-state index is 0.0657. The van der Waals surface area contributed by atoms with Crippen LogP contribution in [0.3, 0.4) is 0 Å². The lowest BCUT2D eigenvalue weighted by Gasteiger charge is -2.31. The highest BCUT2D eigenvalue weighted by Crippen LogP contribution is 2.20. The number of amides is 1. The van der Waals surface area contributed by atoms with Gasteiger partial charge in [0.2, 0.25) is 0 Å². The summed E-state index contributed by atoms with van der Waals surface area (Å²) in [6, 6.07) is 7.43. The molecule has 1 heterocycles. The van der Waals surface area contributed by atoms with Gasteiger partial charge in [-0.05, 0) is 44.7 Å². The summed E-state index contributed by atoms with van der Waals surface area (Å²) in [5, 5.41) is 0. The minimum atomic E-state index is -0.206. The maximum atomic E-state index is 11.8. The van der Waals surface area contributed by atoms with Crippen molar-refractivity contribution >= 4 is 19.4 Å². The van der Waals surface area contributed by atoms with Crippen LogP contribution in [0.4, 0.5) is 4.79 Å². The van der Waals surface area contributed by atoms with E-state index in [0.29, 0.717) is 12.5 Å². The number of nitrogens with zero attached hydrogens (tertiary/aromatic N) is 1. The van der Waals surface area contributed by atoms with Crippen LogP contribution < -0.4 is 10.2 Å². The van der Waals surface area contributed by atoms with Gasteiger partial charge in [0.1, 0.15) is 13.6 Å². The van der Waals surface area contributed by atoms with Gasteiger partial charge in [0.05, 0.1) is 12.7 Å². The molecule has 0 bridgehead atoms. The molecule has 0 saturated carbocycles. The van der Waals surface area contributed by atoms with Gasteiger partial charge in [0.25, 0.3) is 0 Å². The number of hydrogen-bond acceptors (Lipinski definition) is 3. The van der Waals surface area contributed by atoms with Crippen molar-refractivity contribution < 1.29 is 14.3 Å². The van der Waals surface area contributed by atoms with Crippen LogP contribution >= 0.6 is 0 Å². The van der Waals surface area contributed by atoms with Crippen molar-refractivity contribution in [3.05, 3.63) is 24.3 Å². The predicted molar refractivity (Wildman–Crippen MR) is 83.2 cm³/mol. The number of carbonyl (C=O) groups excluding carboxylic acids is 1. The van der Waals surface area contributed by atoms with Crippen molar-refractivity contribution in [2.75, 3.05) is 19.7 Å². The Morgan fingerprint density at radius 2 is 1.90 bits per heavy atom. The van der Waals surface area contributed by atoms with E-state index in [1.54, 1.807) is 4.90 Å². The zero-order chi connectivity index (χ0) is 15.2. The number of rotatable bonds is 4. The number of piperidine rings is 1. The molecule has 0 unspecified atom stereocenters. The van der Waals surface area contributed by atoms with E-state index in [9.17, 15) is 4.79 Å². The van der Waals surface area contributed by atoms with Gasteiger partial charge in [-0.1, -0.05) is 17.6 Å². The van der Waals surface area contributed by atoms with E-state index in [0.717, 1.165) is 37.1 Å². The molecule has 0 aromatic heterocycles. The van der Waals surface area contributed by atoms with Gasteiger partial charge in [-0.2, -0.15) is 0 Å². The van der Waals surface area contributed by atoms with E-state index in [4.69, 9.17) is 17.3 Å². The first kappa shape index (κ1) is 15.7. The molecule has 0 atom stereocenters. The maximum Gasteiger partial charge on any atom is 0.410 e. The van der Waals surface area contributed by atoms with Crippen LogP contribution in [0.25, 0.3) is 0 Å². The molecule has 1 aliphatic rings. The Morgan fingerprint density at radius 3 is 2.48 bits per heavy atom. The van der Waals surface area contributed by atoms with Gasteiger partial charge in [0, 0.05) is 13.1 Å². The molecule has 2 rings (SSSR count). The van der Waals surface area contributed by atoms with Crippen LogP contribution in [0.2, 0.25) is 0 Å². The lowest BCUT2D eigenvalue weighted by molar-refractivity contribution is 0.0608. The average molecular weight is 287 g/mol. The van der Waals surface area contributed by atoms with Gasteiger partial charge < -0.3 is 14.4 Å². The van der Waals surface area contributed by atoms with Crippen LogP contribution in [0.5, 0.6) is 5.75 Å². The fourth-order valence-corrected chi connectivity index (χ4v) is 2.34. The number of benzene rings is 1. The third-order valence-electron chi connectivity index (χ3n) is 3.58. The minimum Gasteiger partial charge on any atom is -0.493 e. The summed E-state index contributed by atoms with van der Waals surface area (Å²) in [5.41, 5.74) is 0.735. The first-order chi connectivity index (χ1) is 10.0. The van der Waals surface area contributed by atoms with Gasteiger partial charge in [0.15, 0.2) is 0 Å². The summed E-state index contributed by atoms with van der Waals surface area (Å²) in [4.78, 5) is 13.6. The van der Waals surface area contributed by atoms with E-state index < -0.39 is 0 Å². The molecule has 0 N–H and O–H groups in total. The van der Waals surface area contributed by atoms with Gasteiger partial charge in [-0.15, -0.1) is 0 Å². The first-order valence-electron chi connectivity index (χ1n) is 7.48. The fraction of sp³-hybridized carbons (Fsp3) is 0.562. The quantitative estimate of drug-likeness (QED) is 0.796. The molecule has 21 heavy (non-hydrogen) atoms. The summed E-state index contributed by atoms with van der Waals surface area (Å²) in [6.45, 7) is 5.88. The zero-order valence-corrected chi connectivity index (χ0v) is 12.7. The second-order valence-corrected chi connectivity index (χ2v) is 5.74. The largest absolute Gasteiger partial charge is 0.493 e. The van der Waals surface area contributed by atoms with Crippen LogP contribution in [-0.2, 0) is 4.74 Å². The van der Waals surface area contributed by atoms with Crippen molar-refractivity contribution in [3.8, 4) is 5.75 Å². The van der Waals surface area contributed by atoms with Crippen molar-refractivity contribution in [2.24, 2.45) is 5.92 Å². The second-order valence-electron chi connectivity index (χ2n) is 5.74. The number of carbonyl (C=O) groups is 1. The topological polar surface area (TPSA) is 38.8 Å². The SMILES string of the molecule is [B]c1ccc(OCC2CCN(C(=O)OC(C)C)CC2)cc1. The molecule has 112 valence electrons. The van der Waals surface area contributed by atoms with Gasteiger partial charge in [-0.3, -0.25) is 0 Å². The highest BCUT2D eigenvalue weighted by Gasteiger charge is 2.24. The number of ether oxygens (including phenoxy) is 2. The Hall–Kier alpha value is -1.65. The van der Waals surface area contributed by atoms with E-state index >= 15 is 0 Å². The predicted octanol–water partition coefficient (Wildman–Crippen LogP) is 2.12. The molecule has 1 aliphatic heterocycles. The second kappa shape index (κ2) is 7.39. The molecule has 0 aliphatic carbocycles. The summed E-state index contributed by atoms with van der Waals surface area (Å²) in [7, 11) is 5.64. The first-order valence-corrected chi connectivity index (χ1v) is 7.48. The normalized spacial score (nSPS) is 16.0. The van der Waals surface area contributed by atoms with Crippen molar-refractivity contribution in [1.29, 1.82) is 0 Å². The summed E-state index contributed by atoms with van der Waals surface area (Å²) in [6.07, 6.45) is 1.62. The Bertz CT molecular complexity index is 453. The average Bonchev–Trinajstić information content (AvgIpc) is 2.46. The molecule has 1 amide bonds. The summed E-state index contributed by atoms with van der Waals surface area (Å²) >= 11 is 0. The van der Waals surface area contributed by atoms with E-state index in [1.165, 1.54) is 0 Å². The van der Waals surface area contributed by atoms with Crippen LogP contribution in [0.1, 0.15) is 26.7 Å². The van der Waals surface area contributed by atoms with Crippen molar-refractivity contribution in [2.45, 2.75) is 32.8 Å². The molecule has 1 aromatic rings. The monoisotopic (exact) mass is 287 g/mol. The number of hydrogen-bond donors (Lipinski definition) is 0. The smallest absolute Gasteiger partial charge is 0.410 e. The Morgan fingerprint density at radius 1 is 1.29 bits per heavy atom. The molecule has 5 heteroatoms. The van der Waals surface area contributed by atoms with Crippen LogP contribution in [0, 0.1) is 5.92 Å². The molecular formula is C16H22BNO3. The summed E-state index contributed by atoms with van der Waals surface area (Å²) in [5.74, 6) is 1.32. The molecule has 0 spiro atoms. The molecule has 1 saturated heterocycles. The Labute approximate surface area is 127 Å². The van der Waals surface area contributed by atoms with E-state index in [1.807, 2.05) is 38.1 Å². The fourth-order valence-electron chi connectivity index (χ4n) is 2.34. The zero-order valence-electron chi connectivity index (χ0n) is 12.7.